The van der Waals surface area contributed by atoms with E-state index in [0.29, 0.717) is 5.75 Å². The van der Waals surface area contributed by atoms with E-state index >= 15 is 0 Å². The van der Waals surface area contributed by atoms with Gasteiger partial charge in [0.15, 0.2) is 11.5 Å². The maximum absolute atomic E-state index is 9.95. The smallest absolute Gasteiger partial charge is 0.160 e. The monoisotopic (exact) mass is 378 g/mol. The molecule has 5 atom stereocenters. The van der Waals surface area contributed by atoms with Crippen LogP contribution in [0.25, 0.3) is 0 Å². The van der Waals surface area contributed by atoms with Crippen molar-refractivity contribution in [2.45, 2.75) is 25.2 Å². The lowest BCUT2D eigenvalue weighted by Crippen LogP contribution is -2.55. The largest absolute Gasteiger partial charge is 0.508 e. The summed E-state index contributed by atoms with van der Waals surface area (Å²) in [6, 6.07) is 14.6. The van der Waals surface area contributed by atoms with E-state index in [9.17, 15) is 15.5 Å². The van der Waals surface area contributed by atoms with Gasteiger partial charge in [0, 0.05) is 18.2 Å². The Bertz CT molecular complexity index is 938. The van der Waals surface area contributed by atoms with E-state index in [1.165, 1.54) is 7.11 Å². The SMILES string of the molecule is COc1cc(C2NC3C(C#N)C=NN3C(c3ccc(O)cc3)C2C)ccc1O. The van der Waals surface area contributed by atoms with Crippen LogP contribution in [0.4, 0.5) is 0 Å². The third-order valence-electron chi connectivity index (χ3n) is 5.59. The summed E-state index contributed by atoms with van der Waals surface area (Å²) in [5, 5.41) is 39.2. The van der Waals surface area contributed by atoms with E-state index in [0.717, 1.165) is 11.1 Å². The van der Waals surface area contributed by atoms with Crippen molar-refractivity contribution in [3.63, 3.8) is 0 Å². The van der Waals surface area contributed by atoms with Crippen molar-refractivity contribution in [1.82, 2.24) is 10.3 Å². The number of phenolic OH excluding ortho intramolecular Hbond substituents is 2. The molecule has 2 aliphatic rings. The Labute approximate surface area is 163 Å². The summed E-state index contributed by atoms with van der Waals surface area (Å²) in [5.74, 6) is 0.430. The average molecular weight is 378 g/mol. The summed E-state index contributed by atoms with van der Waals surface area (Å²) < 4.78 is 5.27. The third kappa shape index (κ3) is 2.92. The summed E-state index contributed by atoms with van der Waals surface area (Å²) in [5.41, 5.74) is 1.98. The highest BCUT2D eigenvalue weighted by Crippen LogP contribution is 2.45. The molecule has 3 N–H and O–H groups in total. The summed E-state index contributed by atoms with van der Waals surface area (Å²) in [6.07, 6.45) is 1.42. The number of rotatable bonds is 3. The number of ether oxygens (including phenoxy) is 1. The minimum atomic E-state index is -0.367. The number of benzene rings is 2. The molecular weight excluding hydrogens is 356 g/mol. The van der Waals surface area contributed by atoms with E-state index < -0.39 is 0 Å². The first kappa shape index (κ1) is 18.1. The fourth-order valence-corrected chi connectivity index (χ4v) is 4.17. The molecule has 2 aliphatic heterocycles. The van der Waals surface area contributed by atoms with Crippen molar-refractivity contribution in [2.24, 2.45) is 16.9 Å². The highest BCUT2D eigenvalue weighted by Gasteiger charge is 2.46. The second-order valence-electron chi connectivity index (χ2n) is 7.22. The van der Waals surface area contributed by atoms with Crippen molar-refractivity contribution in [3.05, 3.63) is 53.6 Å². The number of nitrogens with zero attached hydrogens (tertiary/aromatic N) is 3. The first-order valence-electron chi connectivity index (χ1n) is 9.17. The maximum Gasteiger partial charge on any atom is 0.160 e. The summed E-state index contributed by atoms with van der Waals surface area (Å²) >= 11 is 0. The molecule has 0 spiro atoms. The second kappa shape index (κ2) is 7.06. The van der Waals surface area contributed by atoms with Gasteiger partial charge in [-0.2, -0.15) is 10.4 Å². The van der Waals surface area contributed by atoms with Crippen LogP contribution in [0.1, 0.15) is 30.1 Å². The van der Waals surface area contributed by atoms with Gasteiger partial charge in [-0.3, -0.25) is 10.3 Å². The van der Waals surface area contributed by atoms with Crippen molar-refractivity contribution < 1.29 is 14.9 Å². The first-order valence-corrected chi connectivity index (χ1v) is 9.17. The van der Waals surface area contributed by atoms with Gasteiger partial charge in [-0.25, -0.2) is 0 Å². The predicted molar refractivity (Wildman–Crippen MR) is 104 cm³/mol. The van der Waals surface area contributed by atoms with Gasteiger partial charge in [-0.05, 0) is 35.4 Å². The highest BCUT2D eigenvalue weighted by atomic mass is 16.5. The topological polar surface area (TPSA) is 101 Å². The molecule has 7 nitrogen and oxygen atoms in total. The molecule has 0 amide bonds. The number of hydrazone groups is 1. The summed E-state index contributed by atoms with van der Waals surface area (Å²) in [7, 11) is 1.52. The van der Waals surface area contributed by atoms with Crippen molar-refractivity contribution in [2.75, 3.05) is 7.11 Å². The molecule has 1 fully saturated rings. The normalized spacial score (nSPS) is 28.6. The number of phenols is 2. The average Bonchev–Trinajstić information content (AvgIpc) is 3.11. The molecule has 4 rings (SSSR count). The minimum Gasteiger partial charge on any atom is -0.508 e. The molecule has 1 saturated heterocycles. The van der Waals surface area contributed by atoms with Crippen LogP contribution in [0.2, 0.25) is 0 Å². The fraction of sp³-hybridized carbons (Fsp3) is 0.333. The van der Waals surface area contributed by atoms with E-state index in [4.69, 9.17) is 4.74 Å². The minimum absolute atomic E-state index is 0.0768. The molecule has 144 valence electrons. The second-order valence-corrected chi connectivity index (χ2v) is 7.22. The Morgan fingerprint density at radius 2 is 1.86 bits per heavy atom. The Morgan fingerprint density at radius 3 is 2.54 bits per heavy atom. The zero-order valence-corrected chi connectivity index (χ0v) is 15.6. The van der Waals surface area contributed by atoms with Crippen LogP contribution in [0.5, 0.6) is 17.2 Å². The van der Waals surface area contributed by atoms with Crippen LogP contribution >= 0.6 is 0 Å². The number of hydrogen-bond donors (Lipinski definition) is 3. The maximum atomic E-state index is 9.95. The number of hydrogen-bond acceptors (Lipinski definition) is 7. The molecule has 2 aromatic rings. The Morgan fingerprint density at radius 1 is 1.14 bits per heavy atom. The predicted octanol–water partition coefficient (Wildman–Crippen LogP) is 2.90. The van der Waals surface area contributed by atoms with Gasteiger partial charge in [0.2, 0.25) is 0 Å². The number of fused-ring (bicyclic) bond motifs is 1. The number of nitrogens with one attached hydrogen (secondary N) is 1. The van der Waals surface area contributed by atoms with Gasteiger partial charge in [0.25, 0.3) is 0 Å². The zero-order chi connectivity index (χ0) is 19.8. The summed E-state index contributed by atoms with van der Waals surface area (Å²) in [4.78, 5) is 0. The quantitative estimate of drug-likeness (QED) is 0.759. The molecular formula is C21H22N4O3. The fourth-order valence-electron chi connectivity index (χ4n) is 4.17. The standard InChI is InChI=1S/C21H22N4O3/c1-12-19(14-5-8-17(27)18(9-14)28-2)24-21-15(10-22)11-23-25(21)20(12)13-3-6-16(26)7-4-13/h3-9,11-12,15,19-21,24,26-27H,1-2H3. The number of nitriles is 1. The number of methoxy groups -OCH3 is 1. The lowest BCUT2D eigenvalue weighted by atomic mass is 9.81. The zero-order valence-electron chi connectivity index (χ0n) is 15.6. The Kier molecular flexibility index (Phi) is 4.57. The Hall–Kier alpha value is -3.24. The molecule has 2 heterocycles. The van der Waals surface area contributed by atoms with E-state index in [2.05, 4.69) is 23.4 Å². The van der Waals surface area contributed by atoms with Gasteiger partial charge in [0.05, 0.1) is 19.2 Å². The molecule has 7 heteroatoms. The third-order valence-corrected chi connectivity index (χ3v) is 5.59. The van der Waals surface area contributed by atoms with Gasteiger partial charge >= 0.3 is 0 Å². The van der Waals surface area contributed by atoms with Crippen molar-refractivity contribution in [3.8, 4) is 23.3 Å². The lowest BCUT2D eigenvalue weighted by Gasteiger charge is -2.47. The number of aromatic hydroxyl groups is 2. The van der Waals surface area contributed by atoms with Crippen LogP contribution in [0, 0.1) is 23.2 Å². The molecule has 0 aromatic heterocycles. The van der Waals surface area contributed by atoms with Crippen LogP contribution in [0.15, 0.2) is 47.6 Å². The molecule has 2 aromatic carbocycles. The molecule has 0 aliphatic carbocycles. The van der Waals surface area contributed by atoms with Gasteiger partial charge in [-0.15, -0.1) is 0 Å². The van der Waals surface area contributed by atoms with Crippen molar-refractivity contribution >= 4 is 6.21 Å². The Balaban J connectivity index is 1.76. The molecule has 28 heavy (non-hydrogen) atoms. The van der Waals surface area contributed by atoms with Crippen LogP contribution in [0.3, 0.4) is 0 Å². The molecule has 5 unspecified atom stereocenters. The van der Waals surface area contributed by atoms with Gasteiger partial charge in [-0.1, -0.05) is 25.1 Å². The van der Waals surface area contributed by atoms with E-state index in [1.54, 1.807) is 24.4 Å². The van der Waals surface area contributed by atoms with Gasteiger partial charge in [0.1, 0.15) is 17.8 Å². The highest BCUT2D eigenvalue weighted by molar-refractivity contribution is 5.67. The molecule has 0 bridgehead atoms. The molecule has 0 radical (unpaired) electrons. The lowest BCUT2D eigenvalue weighted by molar-refractivity contribution is 0.0124. The van der Waals surface area contributed by atoms with Crippen molar-refractivity contribution in [1.29, 1.82) is 5.26 Å². The van der Waals surface area contributed by atoms with Crippen LogP contribution in [-0.2, 0) is 0 Å². The first-order chi connectivity index (χ1) is 13.5. The van der Waals surface area contributed by atoms with E-state index in [-0.39, 0.29) is 41.6 Å². The van der Waals surface area contributed by atoms with Crippen LogP contribution in [-0.4, -0.2) is 34.7 Å². The summed E-state index contributed by atoms with van der Waals surface area (Å²) in [6.45, 7) is 2.12. The van der Waals surface area contributed by atoms with Gasteiger partial charge < -0.3 is 14.9 Å². The van der Waals surface area contributed by atoms with E-state index in [1.807, 2.05) is 29.3 Å². The molecule has 0 saturated carbocycles. The van der Waals surface area contributed by atoms with Crippen LogP contribution < -0.4 is 10.1 Å².